The lowest BCUT2D eigenvalue weighted by Crippen LogP contribution is -2.23. The van der Waals surface area contributed by atoms with Gasteiger partial charge in [-0.1, -0.05) is 13.8 Å². The molecule has 0 spiro atoms. The third-order valence-corrected chi connectivity index (χ3v) is 5.38. The van der Waals surface area contributed by atoms with E-state index < -0.39 is 17.8 Å². The predicted octanol–water partition coefficient (Wildman–Crippen LogP) is 2.09. The Morgan fingerprint density at radius 3 is 2.19 bits per heavy atom. The van der Waals surface area contributed by atoms with E-state index in [4.69, 9.17) is 4.74 Å². The summed E-state index contributed by atoms with van der Waals surface area (Å²) in [5, 5.41) is 0. The highest BCUT2D eigenvalue weighted by Gasteiger charge is 2.60. The SMILES string of the molecule is CCC(C[C@@H](C)C(=O)/C=C\C(C)=O)C(=O)OCC1C2C(=O)CCC(=O)C12. The number of carbonyl (C=O) groups is 5. The van der Waals surface area contributed by atoms with Gasteiger partial charge in [-0.2, -0.15) is 0 Å². The largest absolute Gasteiger partial charge is 0.465 e. The number of allylic oxidation sites excluding steroid dienone is 2. The molecule has 0 aromatic rings. The molecule has 0 radical (unpaired) electrons. The molecule has 3 unspecified atom stereocenters. The number of hydrogen-bond donors (Lipinski definition) is 0. The molecule has 0 aliphatic heterocycles. The number of ether oxygens (including phenoxy) is 1. The van der Waals surface area contributed by atoms with Crippen LogP contribution in [-0.4, -0.2) is 35.7 Å². The molecule has 0 aromatic heterocycles. The van der Waals surface area contributed by atoms with Crippen LogP contribution in [0.5, 0.6) is 0 Å². The maximum absolute atomic E-state index is 12.3. The Kier molecular flexibility index (Phi) is 6.62. The molecule has 2 fully saturated rings. The van der Waals surface area contributed by atoms with Crippen LogP contribution >= 0.6 is 0 Å². The zero-order valence-electron chi connectivity index (χ0n) is 15.5. The Morgan fingerprint density at radius 1 is 1.12 bits per heavy atom. The summed E-state index contributed by atoms with van der Waals surface area (Å²) in [6.45, 7) is 5.02. The Bertz CT molecular complexity index is 625. The fraction of sp³-hybridized carbons (Fsp3) is 0.650. The molecule has 2 aliphatic rings. The summed E-state index contributed by atoms with van der Waals surface area (Å²) in [4.78, 5) is 58.8. The highest BCUT2D eigenvalue weighted by atomic mass is 16.5. The molecule has 2 aliphatic carbocycles. The predicted molar refractivity (Wildman–Crippen MR) is 93.1 cm³/mol. The van der Waals surface area contributed by atoms with Crippen molar-refractivity contribution in [3.63, 3.8) is 0 Å². The van der Waals surface area contributed by atoms with Gasteiger partial charge < -0.3 is 4.74 Å². The zero-order valence-corrected chi connectivity index (χ0v) is 15.5. The van der Waals surface area contributed by atoms with Gasteiger partial charge in [-0.05, 0) is 31.9 Å². The lowest BCUT2D eigenvalue weighted by Gasteiger charge is -2.17. The van der Waals surface area contributed by atoms with Crippen LogP contribution in [0, 0.1) is 29.6 Å². The summed E-state index contributed by atoms with van der Waals surface area (Å²) in [6.07, 6.45) is 3.94. The van der Waals surface area contributed by atoms with Crippen LogP contribution in [0.1, 0.15) is 46.5 Å². The van der Waals surface area contributed by atoms with E-state index in [-0.39, 0.29) is 47.5 Å². The molecule has 6 heteroatoms. The first-order valence-electron chi connectivity index (χ1n) is 9.20. The number of fused-ring (bicyclic) bond motifs is 1. The minimum absolute atomic E-state index is 0.0920. The number of Topliss-reactive ketones (excluding diaryl/α,β-unsaturated/α-hetero) is 2. The Balaban J connectivity index is 1.83. The van der Waals surface area contributed by atoms with Gasteiger partial charge in [-0.25, -0.2) is 0 Å². The van der Waals surface area contributed by atoms with E-state index >= 15 is 0 Å². The van der Waals surface area contributed by atoms with Gasteiger partial charge in [0.25, 0.3) is 0 Å². The van der Waals surface area contributed by atoms with Crippen molar-refractivity contribution < 1.29 is 28.7 Å². The fourth-order valence-corrected chi connectivity index (χ4v) is 3.67. The molecule has 0 N–H and O–H groups in total. The van der Waals surface area contributed by atoms with Crippen molar-refractivity contribution in [2.45, 2.75) is 46.5 Å². The van der Waals surface area contributed by atoms with Crippen molar-refractivity contribution in [1.29, 1.82) is 0 Å². The van der Waals surface area contributed by atoms with Gasteiger partial charge in [-0.3, -0.25) is 24.0 Å². The third kappa shape index (κ3) is 4.74. The summed E-state index contributed by atoms with van der Waals surface area (Å²) in [5.74, 6) is -2.12. The molecule has 2 rings (SSSR count). The molecule has 2 saturated carbocycles. The van der Waals surface area contributed by atoms with E-state index in [0.717, 1.165) is 0 Å². The van der Waals surface area contributed by atoms with Gasteiger partial charge in [-0.15, -0.1) is 0 Å². The molecule has 0 amide bonds. The van der Waals surface area contributed by atoms with Gasteiger partial charge in [0, 0.05) is 36.5 Å². The van der Waals surface area contributed by atoms with Crippen molar-refractivity contribution in [2.24, 2.45) is 29.6 Å². The van der Waals surface area contributed by atoms with Crippen LogP contribution in [0.4, 0.5) is 0 Å². The van der Waals surface area contributed by atoms with Gasteiger partial charge in [0.2, 0.25) is 0 Å². The Hall–Kier alpha value is -2.11. The third-order valence-electron chi connectivity index (χ3n) is 5.38. The number of esters is 1. The fourth-order valence-electron chi connectivity index (χ4n) is 3.67. The molecule has 4 atom stereocenters. The topological polar surface area (TPSA) is 94.6 Å². The molecule has 142 valence electrons. The van der Waals surface area contributed by atoms with Crippen molar-refractivity contribution in [3.8, 4) is 0 Å². The van der Waals surface area contributed by atoms with E-state index in [9.17, 15) is 24.0 Å². The second-order valence-electron chi connectivity index (χ2n) is 7.37. The van der Waals surface area contributed by atoms with Gasteiger partial charge in [0.1, 0.15) is 11.6 Å². The average Bonchev–Trinajstić information content (AvgIpc) is 3.34. The lowest BCUT2D eigenvalue weighted by molar-refractivity contribution is -0.150. The van der Waals surface area contributed by atoms with Crippen LogP contribution < -0.4 is 0 Å². The minimum atomic E-state index is -0.424. The number of hydrogen-bond acceptors (Lipinski definition) is 6. The van der Waals surface area contributed by atoms with Crippen molar-refractivity contribution in [2.75, 3.05) is 6.61 Å². The number of ketones is 4. The normalized spacial score (nSPS) is 27.0. The number of carbonyl (C=O) groups excluding carboxylic acids is 5. The van der Waals surface area contributed by atoms with Gasteiger partial charge in [0.05, 0.1) is 12.5 Å². The number of rotatable bonds is 9. The molecule has 0 heterocycles. The quantitative estimate of drug-likeness (QED) is 0.460. The van der Waals surface area contributed by atoms with Crippen LogP contribution in [0.3, 0.4) is 0 Å². The van der Waals surface area contributed by atoms with Crippen molar-refractivity contribution in [1.82, 2.24) is 0 Å². The first kappa shape index (κ1) is 20.2. The minimum Gasteiger partial charge on any atom is -0.465 e. The van der Waals surface area contributed by atoms with E-state index in [1.54, 1.807) is 6.92 Å². The maximum atomic E-state index is 12.3. The summed E-state index contributed by atoms with van der Waals surface area (Å²) in [7, 11) is 0. The second kappa shape index (κ2) is 8.52. The maximum Gasteiger partial charge on any atom is 0.308 e. The zero-order chi connectivity index (χ0) is 19.4. The summed E-state index contributed by atoms with van der Waals surface area (Å²) in [5.41, 5.74) is 0. The standard InChI is InChI=1S/C20H26O6/c1-4-13(9-11(2)15(22)6-5-12(3)21)20(25)26-10-14-18-16(23)7-8-17(24)19(14)18/h5-6,11,13-14,18-19H,4,7-10H2,1-3H3/b6-5-/t11-,13?,14?,18?,19?/m1/s1. The van der Waals surface area contributed by atoms with Crippen LogP contribution in [0.25, 0.3) is 0 Å². The van der Waals surface area contributed by atoms with E-state index in [2.05, 4.69) is 0 Å². The molecule has 6 nitrogen and oxygen atoms in total. The van der Waals surface area contributed by atoms with Gasteiger partial charge in [0.15, 0.2) is 11.6 Å². The molecular weight excluding hydrogens is 336 g/mol. The molecule has 0 aromatic carbocycles. The first-order chi connectivity index (χ1) is 12.3. The van der Waals surface area contributed by atoms with Crippen molar-refractivity contribution in [3.05, 3.63) is 12.2 Å². The van der Waals surface area contributed by atoms with E-state index in [1.165, 1.54) is 19.1 Å². The van der Waals surface area contributed by atoms with Gasteiger partial charge >= 0.3 is 5.97 Å². The molecule has 26 heavy (non-hydrogen) atoms. The van der Waals surface area contributed by atoms with Crippen LogP contribution in [0.15, 0.2) is 12.2 Å². The summed E-state index contributed by atoms with van der Waals surface area (Å²) < 4.78 is 5.36. The highest BCUT2D eigenvalue weighted by Crippen LogP contribution is 2.51. The van der Waals surface area contributed by atoms with Crippen molar-refractivity contribution >= 4 is 29.1 Å². The average molecular weight is 362 g/mol. The summed E-state index contributed by atoms with van der Waals surface area (Å²) >= 11 is 0. The van der Waals surface area contributed by atoms with Crippen LogP contribution in [0.2, 0.25) is 0 Å². The van der Waals surface area contributed by atoms with E-state index in [1.807, 2.05) is 6.92 Å². The molecule has 0 saturated heterocycles. The lowest BCUT2D eigenvalue weighted by atomic mass is 9.90. The second-order valence-corrected chi connectivity index (χ2v) is 7.37. The summed E-state index contributed by atoms with van der Waals surface area (Å²) in [6, 6.07) is 0. The molecule has 0 bridgehead atoms. The first-order valence-corrected chi connectivity index (χ1v) is 9.20. The van der Waals surface area contributed by atoms with E-state index in [0.29, 0.717) is 25.7 Å². The smallest absolute Gasteiger partial charge is 0.308 e. The Morgan fingerprint density at radius 2 is 1.69 bits per heavy atom. The molecular formula is C20H26O6. The highest BCUT2D eigenvalue weighted by molar-refractivity contribution is 6.01. The Labute approximate surface area is 153 Å². The van der Waals surface area contributed by atoms with Crippen LogP contribution in [-0.2, 0) is 28.7 Å². The monoisotopic (exact) mass is 362 g/mol.